The van der Waals surface area contributed by atoms with Crippen molar-refractivity contribution in [2.45, 2.75) is 0 Å². The second-order valence-corrected chi connectivity index (χ2v) is 3.25. The summed E-state index contributed by atoms with van der Waals surface area (Å²) in [5, 5.41) is 2.41. The highest BCUT2D eigenvalue weighted by Crippen LogP contribution is 2.26. The Balaban J connectivity index is 2.45. The zero-order valence-corrected chi connectivity index (χ0v) is 8.87. The molecule has 0 unspecified atom stereocenters. The number of amides is 1. The van der Waals surface area contributed by atoms with Crippen molar-refractivity contribution in [3.05, 3.63) is 29.3 Å². The fourth-order valence-corrected chi connectivity index (χ4v) is 1.44. The van der Waals surface area contributed by atoms with Gasteiger partial charge in [0.25, 0.3) is 11.7 Å². The maximum Gasteiger partial charge on any atom is 0.384 e. The molecule has 17 heavy (non-hydrogen) atoms. The summed E-state index contributed by atoms with van der Waals surface area (Å²) >= 11 is 0. The Morgan fingerprint density at radius 1 is 1.35 bits per heavy atom. The van der Waals surface area contributed by atoms with E-state index in [2.05, 4.69) is 21.9 Å². The molecule has 1 aromatic carbocycles. The topological polar surface area (TPSA) is 72.5 Å². The predicted molar refractivity (Wildman–Crippen MR) is 58.3 cm³/mol. The van der Waals surface area contributed by atoms with Gasteiger partial charge in [0.2, 0.25) is 0 Å². The number of para-hydroxylation sites is 1. The number of carbonyl (C=O) groups excluding carboxylic acids is 3. The normalized spacial score (nSPS) is 12.3. The van der Waals surface area contributed by atoms with Crippen LogP contribution >= 0.6 is 0 Å². The highest BCUT2D eigenvalue weighted by molar-refractivity contribution is 6.51. The highest BCUT2D eigenvalue weighted by Gasteiger charge is 2.29. The first-order chi connectivity index (χ1) is 8.13. The van der Waals surface area contributed by atoms with Crippen molar-refractivity contribution in [2.24, 2.45) is 0 Å². The molecule has 0 saturated heterocycles. The van der Waals surface area contributed by atoms with Crippen LogP contribution in [0.15, 0.2) is 18.2 Å². The molecule has 1 aliphatic heterocycles. The van der Waals surface area contributed by atoms with E-state index in [1.54, 1.807) is 12.1 Å². The Morgan fingerprint density at radius 2 is 2.12 bits per heavy atom. The van der Waals surface area contributed by atoms with Crippen LogP contribution < -0.4 is 5.32 Å². The van der Waals surface area contributed by atoms with E-state index in [0.29, 0.717) is 11.3 Å². The van der Waals surface area contributed by atoms with E-state index in [4.69, 9.17) is 0 Å². The summed E-state index contributed by atoms with van der Waals surface area (Å²) in [6, 6.07) is 4.73. The largest absolute Gasteiger partial charge is 0.459 e. The number of ether oxygens (including phenoxy) is 1. The van der Waals surface area contributed by atoms with Gasteiger partial charge in [-0.1, -0.05) is 12.0 Å². The number of Topliss-reactive ketones (excluding diaryl/α,β-unsaturated/α-hetero) is 1. The lowest BCUT2D eigenvalue weighted by molar-refractivity contribution is -0.133. The van der Waals surface area contributed by atoms with E-state index in [0.717, 1.165) is 0 Å². The quantitative estimate of drug-likeness (QED) is 0.395. The molecule has 2 rings (SSSR count). The molecule has 1 N–H and O–H groups in total. The Kier molecular flexibility index (Phi) is 2.63. The number of esters is 1. The van der Waals surface area contributed by atoms with Crippen molar-refractivity contribution >= 4 is 23.3 Å². The average molecular weight is 229 g/mol. The van der Waals surface area contributed by atoms with Gasteiger partial charge >= 0.3 is 5.97 Å². The Labute approximate surface area is 96.8 Å². The molecule has 5 nitrogen and oxygen atoms in total. The van der Waals surface area contributed by atoms with Gasteiger partial charge in [-0.05, 0) is 12.1 Å². The molecule has 0 radical (unpaired) electrons. The van der Waals surface area contributed by atoms with Gasteiger partial charge in [-0.15, -0.1) is 0 Å². The zero-order chi connectivity index (χ0) is 12.4. The molecule has 0 aliphatic carbocycles. The number of benzene rings is 1. The maximum absolute atomic E-state index is 11.4. The van der Waals surface area contributed by atoms with Gasteiger partial charge in [-0.2, -0.15) is 0 Å². The van der Waals surface area contributed by atoms with Gasteiger partial charge in [0, 0.05) is 11.5 Å². The molecular formula is C12H7NO4. The number of nitrogens with one attached hydrogen (secondary N) is 1. The Hall–Kier alpha value is -2.61. The average Bonchev–Trinajstić information content (AvgIpc) is 2.63. The van der Waals surface area contributed by atoms with Gasteiger partial charge in [0.15, 0.2) is 0 Å². The fourth-order valence-electron chi connectivity index (χ4n) is 1.44. The van der Waals surface area contributed by atoms with Crippen molar-refractivity contribution < 1.29 is 19.1 Å². The van der Waals surface area contributed by atoms with Crippen molar-refractivity contribution in [3.8, 4) is 11.8 Å². The number of hydrogen-bond acceptors (Lipinski definition) is 4. The van der Waals surface area contributed by atoms with Crippen LogP contribution in [0, 0.1) is 11.8 Å². The highest BCUT2D eigenvalue weighted by atomic mass is 16.5. The molecule has 0 fully saturated rings. The van der Waals surface area contributed by atoms with Crippen molar-refractivity contribution in [2.75, 3.05) is 12.4 Å². The summed E-state index contributed by atoms with van der Waals surface area (Å²) < 4.78 is 4.37. The van der Waals surface area contributed by atoms with E-state index in [9.17, 15) is 14.4 Å². The van der Waals surface area contributed by atoms with Gasteiger partial charge < -0.3 is 10.1 Å². The van der Waals surface area contributed by atoms with Crippen molar-refractivity contribution in [3.63, 3.8) is 0 Å². The molecule has 0 aromatic heterocycles. The Morgan fingerprint density at radius 3 is 2.82 bits per heavy atom. The van der Waals surface area contributed by atoms with Crippen LogP contribution in [0.25, 0.3) is 0 Å². The van der Waals surface area contributed by atoms with Crippen LogP contribution in [0.3, 0.4) is 0 Å². The smallest absolute Gasteiger partial charge is 0.384 e. The van der Waals surface area contributed by atoms with E-state index >= 15 is 0 Å². The van der Waals surface area contributed by atoms with Crippen molar-refractivity contribution in [1.82, 2.24) is 0 Å². The summed E-state index contributed by atoms with van der Waals surface area (Å²) in [5.41, 5.74) is 1.03. The number of anilines is 1. The lowest BCUT2D eigenvalue weighted by atomic mass is 10.1. The standard InChI is InChI=1S/C12H7NO4/c1-17-9(14)6-5-7-3-2-4-8-10(7)13-12(16)11(8)15/h2-4H,1H3,(H,13,15,16). The molecular weight excluding hydrogens is 222 g/mol. The fraction of sp³-hybridized carbons (Fsp3) is 0.0833. The number of fused-ring (bicyclic) bond motifs is 1. The third kappa shape index (κ3) is 1.88. The first-order valence-corrected chi connectivity index (χ1v) is 4.72. The van der Waals surface area contributed by atoms with Crippen LogP contribution in [0.4, 0.5) is 5.69 Å². The van der Waals surface area contributed by atoms with Crippen LogP contribution in [0.5, 0.6) is 0 Å². The number of carbonyl (C=O) groups is 3. The summed E-state index contributed by atoms with van der Waals surface area (Å²) in [6.45, 7) is 0. The zero-order valence-electron chi connectivity index (χ0n) is 8.87. The first-order valence-electron chi connectivity index (χ1n) is 4.72. The monoisotopic (exact) mass is 229 g/mol. The SMILES string of the molecule is COC(=O)C#Cc1cccc2c1NC(=O)C2=O. The predicted octanol–water partition coefficient (Wildman–Crippen LogP) is 0.346. The van der Waals surface area contributed by atoms with Crippen molar-refractivity contribution in [1.29, 1.82) is 0 Å². The lowest BCUT2D eigenvalue weighted by Crippen LogP contribution is -2.12. The third-order valence-corrected chi connectivity index (χ3v) is 2.24. The van der Waals surface area contributed by atoms with Crippen LogP contribution in [-0.2, 0) is 14.3 Å². The maximum atomic E-state index is 11.4. The summed E-state index contributed by atoms with van der Waals surface area (Å²) in [4.78, 5) is 33.4. The molecule has 0 atom stereocenters. The lowest BCUT2D eigenvalue weighted by Gasteiger charge is -1.99. The van der Waals surface area contributed by atoms with E-state index in [1.165, 1.54) is 13.2 Å². The van der Waals surface area contributed by atoms with E-state index in [-0.39, 0.29) is 5.56 Å². The van der Waals surface area contributed by atoms with Gasteiger partial charge in [-0.25, -0.2) is 4.79 Å². The number of methoxy groups -OCH3 is 1. The van der Waals surface area contributed by atoms with Crippen LogP contribution in [-0.4, -0.2) is 24.8 Å². The minimum Gasteiger partial charge on any atom is -0.459 e. The molecule has 84 valence electrons. The molecule has 0 spiro atoms. The van der Waals surface area contributed by atoms with E-state index < -0.39 is 17.7 Å². The number of ketones is 1. The van der Waals surface area contributed by atoms with Crippen LogP contribution in [0.1, 0.15) is 15.9 Å². The Bertz CT molecular complexity index is 592. The molecule has 1 aromatic rings. The molecule has 0 bridgehead atoms. The molecule has 0 saturated carbocycles. The minimum atomic E-state index is -0.688. The second-order valence-electron chi connectivity index (χ2n) is 3.25. The summed E-state index contributed by atoms with van der Waals surface area (Å²) in [7, 11) is 1.22. The number of hydrogen-bond donors (Lipinski definition) is 1. The molecule has 5 heteroatoms. The number of rotatable bonds is 0. The summed E-state index contributed by atoms with van der Waals surface area (Å²) in [6.07, 6.45) is 0. The summed E-state index contributed by atoms with van der Waals surface area (Å²) in [5.74, 6) is 2.81. The van der Waals surface area contributed by atoms with Gasteiger partial charge in [0.1, 0.15) is 0 Å². The third-order valence-electron chi connectivity index (χ3n) is 2.24. The minimum absolute atomic E-state index is 0.270. The van der Waals surface area contributed by atoms with Gasteiger partial charge in [0.05, 0.1) is 18.4 Å². The van der Waals surface area contributed by atoms with Crippen LogP contribution in [0.2, 0.25) is 0 Å². The molecule has 1 aliphatic rings. The van der Waals surface area contributed by atoms with E-state index in [1.807, 2.05) is 0 Å². The van der Waals surface area contributed by atoms with Gasteiger partial charge in [-0.3, -0.25) is 9.59 Å². The first kappa shape index (κ1) is 10.9. The molecule has 1 heterocycles. The molecule has 1 amide bonds. The second kappa shape index (κ2) is 4.10.